The van der Waals surface area contributed by atoms with E-state index in [1.165, 1.54) is 6.07 Å². The van der Waals surface area contributed by atoms with Gasteiger partial charge in [0.25, 0.3) is 0 Å². The number of benzene rings is 2. The number of nitrogens with zero attached hydrogens (tertiary/aromatic N) is 3. The first-order valence-corrected chi connectivity index (χ1v) is 8.52. The third-order valence-corrected chi connectivity index (χ3v) is 4.32. The third-order valence-electron chi connectivity index (χ3n) is 4.32. The number of aromatic nitrogens is 2. The van der Waals surface area contributed by atoms with E-state index in [2.05, 4.69) is 34.0 Å². The minimum atomic E-state index is -0.216. The maximum atomic E-state index is 14.1. The summed E-state index contributed by atoms with van der Waals surface area (Å²) >= 11 is 0. The first-order chi connectivity index (χ1) is 12.1. The number of fused-ring (bicyclic) bond motifs is 1. The molecule has 3 rings (SSSR count). The number of anilines is 1. The van der Waals surface area contributed by atoms with Crippen molar-refractivity contribution in [3.63, 3.8) is 0 Å². The van der Waals surface area contributed by atoms with Gasteiger partial charge in [-0.25, -0.2) is 14.4 Å². The molecule has 0 saturated heterocycles. The summed E-state index contributed by atoms with van der Waals surface area (Å²) in [6.07, 6.45) is 1.58. The quantitative estimate of drug-likeness (QED) is 0.698. The van der Waals surface area contributed by atoms with Gasteiger partial charge in [0.2, 0.25) is 0 Å². The van der Waals surface area contributed by atoms with Gasteiger partial charge in [0.15, 0.2) is 0 Å². The van der Waals surface area contributed by atoms with E-state index in [-0.39, 0.29) is 18.2 Å². The molecule has 4 nitrogen and oxygen atoms in total. The molecule has 0 radical (unpaired) electrons. The van der Waals surface area contributed by atoms with Crippen LogP contribution in [0, 0.1) is 5.82 Å². The molecule has 0 aliphatic rings. The highest BCUT2D eigenvalue weighted by Gasteiger charge is 2.14. The Kier molecular flexibility index (Phi) is 6.89. The van der Waals surface area contributed by atoms with E-state index in [4.69, 9.17) is 0 Å². The molecular weight excluding hydrogens is 351 g/mol. The Bertz CT molecular complexity index is 869. The zero-order chi connectivity index (χ0) is 17.8. The van der Waals surface area contributed by atoms with Crippen LogP contribution in [0.15, 0.2) is 48.8 Å². The molecule has 1 aromatic heterocycles. The van der Waals surface area contributed by atoms with Crippen molar-refractivity contribution < 1.29 is 4.39 Å². The van der Waals surface area contributed by atoms with Gasteiger partial charge in [0, 0.05) is 36.1 Å². The molecule has 0 spiro atoms. The average molecular weight is 375 g/mol. The van der Waals surface area contributed by atoms with Gasteiger partial charge in [0.05, 0.1) is 5.69 Å². The Hall–Kier alpha value is -2.24. The molecule has 2 aromatic carbocycles. The lowest BCUT2D eigenvalue weighted by Crippen LogP contribution is -2.36. The van der Waals surface area contributed by atoms with E-state index in [1.54, 1.807) is 18.5 Å². The number of rotatable bonds is 6. The maximum Gasteiger partial charge on any atom is 0.132 e. The summed E-state index contributed by atoms with van der Waals surface area (Å²) < 4.78 is 14.1. The van der Waals surface area contributed by atoms with Gasteiger partial charge in [-0.15, -0.1) is 12.4 Å². The van der Waals surface area contributed by atoms with Crippen molar-refractivity contribution in [3.8, 4) is 11.3 Å². The number of likely N-dealkylation sites (N-methyl/N-ethyl adjacent to an activating group) is 1. The highest BCUT2D eigenvalue weighted by atomic mass is 35.5. The van der Waals surface area contributed by atoms with E-state index in [0.29, 0.717) is 11.4 Å². The smallest absolute Gasteiger partial charge is 0.132 e. The van der Waals surface area contributed by atoms with Crippen LogP contribution in [0.25, 0.3) is 22.0 Å². The lowest BCUT2D eigenvalue weighted by Gasteiger charge is -2.28. The Morgan fingerprint density at radius 3 is 2.50 bits per heavy atom. The average Bonchev–Trinajstić information content (AvgIpc) is 2.63. The molecule has 138 valence electrons. The molecular formula is C20H24ClFN4. The molecule has 0 unspecified atom stereocenters. The van der Waals surface area contributed by atoms with Gasteiger partial charge in [-0.2, -0.15) is 0 Å². The summed E-state index contributed by atoms with van der Waals surface area (Å²) in [5, 5.41) is 4.64. The van der Waals surface area contributed by atoms with Gasteiger partial charge in [0.1, 0.15) is 18.0 Å². The first-order valence-electron chi connectivity index (χ1n) is 8.52. The summed E-state index contributed by atoms with van der Waals surface area (Å²) in [5.41, 5.74) is 1.72. The first kappa shape index (κ1) is 20.1. The number of nitrogens with one attached hydrogen (secondary N) is 1. The van der Waals surface area contributed by atoms with Crippen molar-refractivity contribution in [1.82, 2.24) is 15.3 Å². The molecule has 1 N–H and O–H groups in total. The van der Waals surface area contributed by atoms with Crippen LogP contribution in [-0.2, 0) is 0 Å². The topological polar surface area (TPSA) is 41.0 Å². The summed E-state index contributed by atoms with van der Waals surface area (Å²) in [4.78, 5) is 11.1. The fraction of sp³-hybridized carbons (Fsp3) is 0.300. The highest BCUT2D eigenvalue weighted by molar-refractivity contribution is 5.96. The van der Waals surface area contributed by atoms with Crippen LogP contribution in [-0.4, -0.2) is 36.1 Å². The van der Waals surface area contributed by atoms with Crippen molar-refractivity contribution >= 4 is 29.0 Å². The van der Waals surface area contributed by atoms with Crippen molar-refractivity contribution in [2.45, 2.75) is 19.9 Å². The van der Waals surface area contributed by atoms with E-state index in [1.807, 2.05) is 31.3 Å². The molecule has 0 fully saturated rings. The highest BCUT2D eigenvalue weighted by Crippen LogP contribution is 2.30. The second-order valence-electron chi connectivity index (χ2n) is 6.29. The van der Waals surface area contributed by atoms with Crippen LogP contribution >= 0.6 is 12.4 Å². The summed E-state index contributed by atoms with van der Waals surface area (Å²) in [6, 6.07) is 13.1. The van der Waals surface area contributed by atoms with Crippen LogP contribution in [0.3, 0.4) is 0 Å². The van der Waals surface area contributed by atoms with Gasteiger partial charge >= 0.3 is 0 Å². The minimum absolute atomic E-state index is 0. The summed E-state index contributed by atoms with van der Waals surface area (Å²) in [6.45, 7) is 6.02. The van der Waals surface area contributed by atoms with Gasteiger partial charge in [-0.3, -0.25) is 0 Å². The predicted molar refractivity (Wildman–Crippen MR) is 109 cm³/mol. The maximum absolute atomic E-state index is 14.1. The molecule has 6 heteroatoms. The molecule has 26 heavy (non-hydrogen) atoms. The SMILES string of the molecule is CNCCN(c1cc(-c2ccc(F)c3ccccc23)ncn1)C(C)C.Cl. The third kappa shape index (κ3) is 4.11. The van der Waals surface area contributed by atoms with E-state index < -0.39 is 0 Å². The molecule has 3 aromatic rings. The lowest BCUT2D eigenvalue weighted by molar-refractivity contribution is 0.640. The van der Waals surface area contributed by atoms with E-state index >= 15 is 0 Å². The second-order valence-corrected chi connectivity index (χ2v) is 6.29. The largest absolute Gasteiger partial charge is 0.353 e. The van der Waals surface area contributed by atoms with E-state index in [0.717, 1.165) is 35.6 Å². The molecule has 0 amide bonds. The fourth-order valence-electron chi connectivity index (χ4n) is 3.01. The minimum Gasteiger partial charge on any atom is -0.353 e. The zero-order valence-electron chi connectivity index (χ0n) is 15.2. The molecule has 1 heterocycles. The standard InChI is InChI=1S/C20H23FN4.ClH/c1-14(2)25(11-10-22-3)20-12-19(23-13-24-20)17-8-9-18(21)16-7-5-4-6-15(16)17;/h4-9,12-14,22H,10-11H2,1-3H3;1H. The van der Waals surface area contributed by atoms with E-state index in [9.17, 15) is 4.39 Å². The van der Waals surface area contributed by atoms with Crippen LogP contribution in [0.4, 0.5) is 10.2 Å². The van der Waals surface area contributed by atoms with Crippen LogP contribution in [0.5, 0.6) is 0 Å². The molecule has 0 saturated carbocycles. The van der Waals surface area contributed by atoms with Crippen LogP contribution in [0.2, 0.25) is 0 Å². The van der Waals surface area contributed by atoms with Crippen molar-refractivity contribution in [3.05, 3.63) is 54.6 Å². The second kappa shape index (κ2) is 8.92. The Morgan fingerprint density at radius 1 is 1.08 bits per heavy atom. The zero-order valence-corrected chi connectivity index (χ0v) is 16.1. The van der Waals surface area contributed by atoms with Crippen molar-refractivity contribution in [2.75, 3.05) is 25.0 Å². The fourth-order valence-corrected chi connectivity index (χ4v) is 3.01. The Balaban J connectivity index is 0.00000243. The Morgan fingerprint density at radius 2 is 1.81 bits per heavy atom. The van der Waals surface area contributed by atoms with Gasteiger partial charge in [-0.05, 0) is 38.4 Å². The number of hydrogen-bond donors (Lipinski definition) is 1. The summed E-state index contributed by atoms with van der Waals surface area (Å²) in [5.74, 6) is 0.662. The van der Waals surface area contributed by atoms with Crippen LogP contribution in [0.1, 0.15) is 13.8 Å². The van der Waals surface area contributed by atoms with Crippen LogP contribution < -0.4 is 10.2 Å². The lowest BCUT2D eigenvalue weighted by atomic mass is 10.0. The Labute approximate surface area is 159 Å². The summed E-state index contributed by atoms with van der Waals surface area (Å²) in [7, 11) is 1.94. The van der Waals surface area contributed by atoms with Gasteiger partial charge < -0.3 is 10.2 Å². The normalized spacial score (nSPS) is 10.8. The van der Waals surface area contributed by atoms with Gasteiger partial charge in [-0.1, -0.05) is 24.3 Å². The van der Waals surface area contributed by atoms with Crippen molar-refractivity contribution in [1.29, 1.82) is 0 Å². The predicted octanol–water partition coefficient (Wildman–Crippen LogP) is 4.29. The molecule has 0 bridgehead atoms. The molecule has 0 aliphatic carbocycles. The molecule has 0 aliphatic heterocycles. The monoisotopic (exact) mass is 374 g/mol. The molecule has 0 atom stereocenters. The van der Waals surface area contributed by atoms with Crippen molar-refractivity contribution in [2.24, 2.45) is 0 Å². The number of hydrogen-bond acceptors (Lipinski definition) is 4. The number of halogens is 2.